The second-order valence-corrected chi connectivity index (χ2v) is 10.2. The van der Waals surface area contributed by atoms with Gasteiger partial charge in [-0.15, -0.1) is 11.3 Å². The molecular formula is C25H33N5O5S. The van der Waals surface area contributed by atoms with Gasteiger partial charge in [0, 0.05) is 30.1 Å². The van der Waals surface area contributed by atoms with E-state index in [0.717, 1.165) is 5.56 Å². The second-order valence-electron chi connectivity index (χ2n) is 9.33. The summed E-state index contributed by atoms with van der Waals surface area (Å²) in [4.78, 5) is 42.5. The highest BCUT2D eigenvalue weighted by Crippen LogP contribution is 2.17. The van der Waals surface area contributed by atoms with Crippen LogP contribution in [0, 0.1) is 0 Å². The number of thiazole rings is 1. The SMILES string of the molecule is CCOC(=O)Cc1csc(NN=Cc2ccc(C(=O)N3CCC(NC(=O)OC(C)(C)C)CC3)cc2)n1. The van der Waals surface area contributed by atoms with Crippen LogP contribution in [0.3, 0.4) is 0 Å². The fraction of sp³-hybridized carbons (Fsp3) is 0.480. The molecule has 0 bridgehead atoms. The van der Waals surface area contributed by atoms with E-state index in [2.05, 4.69) is 20.8 Å². The lowest BCUT2D eigenvalue weighted by Gasteiger charge is -2.33. The van der Waals surface area contributed by atoms with Crippen molar-refractivity contribution in [3.05, 3.63) is 46.5 Å². The molecule has 2 heterocycles. The van der Waals surface area contributed by atoms with E-state index in [1.165, 1.54) is 11.3 Å². The van der Waals surface area contributed by atoms with E-state index >= 15 is 0 Å². The first-order valence-corrected chi connectivity index (χ1v) is 12.8. The Kier molecular flexibility index (Phi) is 9.40. The van der Waals surface area contributed by atoms with Crippen molar-refractivity contribution >= 4 is 40.7 Å². The van der Waals surface area contributed by atoms with E-state index in [-0.39, 0.29) is 24.3 Å². The Hall–Kier alpha value is -3.47. The Labute approximate surface area is 215 Å². The fourth-order valence-corrected chi connectivity index (χ4v) is 4.22. The molecule has 2 N–H and O–H groups in total. The number of hydrazone groups is 1. The normalized spacial score (nSPS) is 14.5. The molecular weight excluding hydrogens is 482 g/mol. The lowest BCUT2D eigenvalue weighted by atomic mass is 10.0. The zero-order chi connectivity index (χ0) is 26.1. The lowest BCUT2D eigenvalue weighted by Crippen LogP contribution is -2.47. The number of hydrogen-bond acceptors (Lipinski definition) is 9. The summed E-state index contributed by atoms with van der Waals surface area (Å²) in [5.41, 5.74) is 4.36. The number of alkyl carbamates (subject to hydrolysis) is 1. The summed E-state index contributed by atoms with van der Waals surface area (Å²) < 4.78 is 10.2. The molecule has 1 aromatic heterocycles. The number of benzene rings is 1. The van der Waals surface area contributed by atoms with E-state index in [1.807, 2.05) is 32.9 Å². The van der Waals surface area contributed by atoms with Crippen molar-refractivity contribution in [1.82, 2.24) is 15.2 Å². The maximum absolute atomic E-state index is 12.9. The van der Waals surface area contributed by atoms with Crippen LogP contribution in [0.1, 0.15) is 62.2 Å². The number of rotatable bonds is 8. The van der Waals surface area contributed by atoms with Crippen LogP contribution in [0.5, 0.6) is 0 Å². The number of nitrogens with one attached hydrogen (secondary N) is 2. The maximum Gasteiger partial charge on any atom is 0.407 e. The van der Waals surface area contributed by atoms with Crippen LogP contribution in [0.25, 0.3) is 0 Å². The van der Waals surface area contributed by atoms with Crippen LogP contribution in [0.2, 0.25) is 0 Å². The molecule has 194 valence electrons. The molecule has 2 amide bonds. The molecule has 1 aliphatic rings. The number of hydrogen-bond donors (Lipinski definition) is 2. The molecule has 0 unspecified atom stereocenters. The van der Waals surface area contributed by atoms with Gasteiger partial charge in [-0.3, -0.25) is 15.0 Å². The quantitative estimate of drug-likeness (QED) is 0.311. The Morgan fingerprint density at radius 2 is 1.89 bits per heavy atom. The van der Waals surface area contributed by atoms with Gasteiger partial charge in [-0.05, 0) is 58.2 Å². The summed E-state index contributed by atoms with van der Waals surface area (Å²) in [6.07, 6.45) is 2.70. The molecule has 1 aliphatic heterocycles. The third kappa shape index (κ3) is 8.63. The molecule has 11 heteroatoms. The summed E-state index contributed by atoms with van der Waals surface area (Å²) >= 11 is 1.35. The first-order valence-electron chi connectivity index (χ1n) is 11.9. The number of ether oxygens (including phenoxy) is 2. The summed E-state index contributed by atoms with van der Waals surface area (Å²) in [6.45, 7) is 8.72. The van der Waals surface area contributed by atoms with Crippen LogP contribution in [-0.4, -0.2) is 65.4 Å². The van der Waals surface area contributed by atoms with Crippen molar-refractivity contribution < 1.29 is 23.9 Å². The second kappa shape index (κ2) is 12.5. The Balaban J connectivity index is 1.44. The molecule has 36 heavy (non-hydrogen) atoms. The number of carbonyl (C=O) groups is 3. The Bertz CT molecular complexity index is 1070. The van der Waals surface area contributed by atoms with Gasteiger partial charge in [0.25, 0.3) is 5.91 Å². The Morgan fingerprint density at radius 1 is 1.19 bits per heavy atom. The van der Waals surface area contributed by atoms with Crippen molar-refractivity contribution in [1.29, 1.82) is 0 Å². The van der Waals surface area contributed by atoms with E-state index in [4.69, 9.17) is 9.47 Å². The molecule has 1 fully saturated rings. The van der Waals surface area contributed by atoms with Crippen LogP contribution in [0.4, 0.5) is 9.93 Å². The van der Waals surface area contributed by atoms with E-state index in [0.29, 0.717) is 48.9 Å². The molecule has 0 radical (unpaired) electrons. The van der Waals surface area contributed by atoms with Gasteiger partial charge in [-0.25, -0.2) is 9.78 Å². The van der Waals surface area contributed by atoms with Gasteiger partial charge in [-0.2, -0.15) is 5.10 Å². The van der Waals surface area contributed by atoms with E-state index in [1.54, 1.807) is 35.6 Å². The largest absolute Gasteiger partial charge is 0.466 e. The van der Waals surface area contributed by atoms with Crippen molar-refractivity contribution in [2.24, 2.45) is 5.10 Å². The molecule has 3 rings (SSSR count). The highest BCUT2D eigenvalue weighted by molar-refractivity contribution is 7.13. The van der Waals surface area contributed by atoms with Gasteiger partial charge in [0.15, 0.2) is 0 Å². The van der Waals surface area contributed by atoms with Crippen LogP contribution in [-0.2, 0) is 20.7 Å². The predicted molar refractivity (Wildman–Crippen MR) is 138 cm³/mol. The van der Waals surface area contributed by atoms with E-state index < -0.39 is 11.7 Å². The average molecular weight is 516 g/mol. The summed E-state index contributed by atoms with van der Waals surface area (Å²) in [5, 5.41) is 9.41. The molecule has 1 saturated heterocycles. The minimum Gasteiger partial charge on any atom is -0.466 e. The topological polar surface area (TPSA) is 122 Å². The third-order valence-corrected chi connectivity index (χ3v) is 6.01. The average Bonchev–Trinajstić information content (AvgIpc) is 3.25. The molecule has 0 atom stereocenters. The monoisotopic (exact) mass is 515 g/mol. The minimum absolute atomic E-state index is 0.00550. The van der Waals surface area contributed by atoms with Crippen LogP contribution in [0.15, 0.2) is 34.7 Å². The first-order chi connectivity index (χ1) is 17.1. The highest BCUT2D eigenvalue weighted by atomic mass is 32.1. The van der Waals surface area contributed by atoms with Crippen molar-refractivity contribution in [2.45, 2.75) is 58.6 Å². The minimum atomic E-state index is -0.538. The standard InChI is InChI=1S/C25H33N5O5S/c1-5-34-21(31)14-20-16-36-23(27-20)29-26-15-17-6-8-18(9-7-17)22(32)30-12-10-19(11-13-30)28-24(33)35-25(2,3)4/h6-9,15-16,19H,5,10-14H2,1-4H3,(H,27,29)(H,28,33). The smallest absolute Gasteiger partial charge is 0.407 e. The van der Waals surface area contributed by atoms with Gasteiger partial charge in [-0.1, -0.05) is 12.1 Å². The number of esters is 1. The van der Waals surface area contributed by atoms with Gasteiger partial charge < -0.3 is 19.7 Å². The fourth-order valence-electron chi connectivity index (χ4n) is 3.56. The number of nitrogens with zero attached hydrogens (tertiary/aromatic N) is 3. The zero-order valence-corrected chi connectivity index (χ0v) is 21.9. The van der Waals surface area contributed by atoms with Gasteiger partial charge in [0.1, 0.15) is 5.60 Å². The summed E-state index contributed by atoms with van der Waals surface area (Å²) in [7, 11) is 0. The van der Waals surface area contributed by atoms with Gasteiger partial charge in [0.2, 0.25) is 5.13 Å². The number of amides is 2. The van der Waals surface area contributed by atoms with Crippen molar-refractivity contribution in [3.8, 4) is 0 Å². The summed E-state index contributed by atoms with van der Waals surface area (Å²) in [6, 6.07) is 7.19. The first kappa shape index (κ1) is 27.1. The van der Waals surface area contributed by atoms with Crippen molar-refractivity contribution in [2.75, 3.05) is 25.1 Å². The number of anilines is 1. The number of likely N-dealkylation sites (tertiary alicyclic amines) is 1. The molecule has 10 nitrogen and oxygen atoms in total. The molecule has 0 aliphatic carbocycles. The zero-order valence-electron chi connectivity index (χ0n) is 21.1. The summed E-state index contributed by atoms with van der Waals surface area (Å²) in [5.74, 6) is -0.349. The third-order valence-electron chi connectivity index (χ3n) is 5.22. The van der Waals surface area contributed by atoms with Crippen LogP contribution >= 0.6 is 11.3 Å². The molecule has 0 saturated carbocycles. The molecule has 1 aromatic carbocycles. The Morgan fingerprint density at radius 3 is 2.53 bits per heavy atom. The van der Waals surface area contributed by atoms with Gasteiger partial charge >= 0.3 is 12.1 Å². The number of carbonyl (C=O) groups excluding carboxylic acids is 3. The predicted octanol–water partition coefficient (Wildman–Crippen LogP) is 3.82. The maximum atomic E-state index is 12.9. The highest BCUT2D eigenvalue weighted by Gasteiger charge is 2.26. The molecule has 2 aromatic rings. The van der Waals surface area contributed by atoms with Gasteiger partial charge in [0.05, 0.1) is 24.9 Å². The molecule has 0 spiro atoms. The van der Waals surface area contributed by atoms with Crippen LogP contribution < -0.4 is 10.7 Å². The lowest BCUT2D eigenvalue weighted by molar-refractivity contribution is -0.142. The van der Waals surface area contributed by atoms with Crippen molar-refractivity contribution in [3.63, 3.8) is 0 Å². The van der Waals surface area contributed by atoms with E-state index in [9.17, 15) is 14.4 Å². The number of aromatic nitrogens is 1. The number of piperidine rings is 1.